The number of carbonyl (C=O) groups excluding carboxylic acids is 1. The Morgan fingerprint density at radius 3 is 2.50 bits per heavy atom. The lowest BCUT2D eigenvalue weighted by molar-refractivity contribution is -0.118. The van der Waals surface area contributed by atoms with Crippen LogP contribution in [-0.2, 0) is 4.79 Å². The minimum atomic E-state index is -4.22. The first kappa shape index (κ1) is 14.9. The molecule has 1 aromatic rings. The summed E-state index contributed by atoms with van der Waals surface area (Å²) in [6, 6.07) is 6.47. The molecule has 0 fully saturated rings. The standard InChI is InChI=1S/C12H14F3NOS/c1-8(2)11(17)16-9-5-3-4-6-10(9)18-7-12(13,14)15/h3-6,8H,7H2,1-2H3,(H,16,17). The van der Waals surface area contributed by atoms with E-state index in [4.69, 9.17) is 0 Å². The van der Waals surface area contributed by atoms with Gasteiger partial charge in [0.15, 0.2) is 0 Å². The number of alkyl halides is 3. The molecule has 0 unspecified atom stereocenters. The van der Waals surface area contributed by atoms with Crippen LogP contribution in [0.15, 0.2) is 29.2 Å². The van der Waals surface area contributed by atoms with Crippen molar-refractivity contribution in [1.29, 1.82) is 0 Å². The van der Waals surface area contributed by atoms with Crippen molar-refractivity contribution in [2.24, 2.45) is 5.92 Å². The van der Waals surface area contributed by atoms with Crippen molar-refractivity contribution in [2.45, 2.75) is 24.9 Å². The van der Waals surface area contributed by atoms with Crippen LogP contribution in [-0.4, -0.2) is 17.8 Å². The number of carbonyl (C=O) groups is 1. The summed E-state index contributed by atoms with van der Waals surface area (Å²) in [5.74, 6) is -1.40. The van der Waals surface area contributed by atoms with E-state index < -0.39 is 11.9 Å². The van der Waals surface area contributed by atoms with Crippen LogP contribution in [0.1, 0.15) is 13.8 Å². The molecule has 0 saturated carbocycles. The third-order valence-corrected chi connectivity index (χ3v) is 3.20. The van der Waals surface area contributed by atoms with Gasteiger partial charge in [0.1, 0.15) is 0 Å². The highest BCUT2D eigenvalue weighted by molar-refractivity contribution is 7.99. The first-order valence-corrected chi connectivity index (χ1v) is 6.37. The highest BCUT2D eigenvalue weighted by atomic mass is 32.2. The van der Waals surface area contributed by atoms with Crippen LogP contribution in [0.25, 0.3) is 0 Å². The Kier molecular flexibility index (Phi) is 5.07. The minimum absolute atomic E-state index is 0.213. The van der Waals surface area contributed by atoms with Gasteiger partial charge in [-0.1, -0.05) is 26.0 Å². The molecule has 100 valence electrons. The average molecular weight is 277 g/mol. The van der Waals surface area contributed by atoms with E-state index in [9.17, 15) is 18.0 Å². The van der Waals surface area contributed by atoms with Crippen LogP contribution in [0.3, 0.4) is 0 Å². The van der Waals surface area contributed by atoms with Gasteiger partial charge in [-0.25, -0.2) is 0 Å². The maximum Gasteiger partial charge on any atom is 0.398 e. The molecule has 1 rings (SSSR count). The van der Waals surface area contributed by atoms with Crippen LogP contribution in [0, 0.1) is 5.92 Å². The summed E-state index contributed by atoms with van der Waals surface area (Å²) in [6.07, 6.45) is -4.22. The molecule has 0 atom stereocenters. The van der Waals surface area contributed by atoms with E-state index in [1.54, 1.807) is 38.1 Å². The summed E-state index contributed by atoms with van der Waals surface area (Å²) in [6.45, 7) is 3.45. The molecule has 0 aromatic heterocycles. The number of hydrogen-bond acceptors (Lipinski definition) is 2. The first-order chi connectivity index (χ1) is 8.29. The Morgan fingerprint density at radius 2 is 1.94 bits per heavy atom. The molecule has 1 N–H and O–H groups in total. The van der Waals surface area contributed by atoms with Gasteiger partial charge in [0.25, 0.3) is 0 Å². The largest absolute Gasteiger partial charge is 0.398 e. The van der Waals surface area contributed by atoms with Gasteiger partial charge < -0.3 is 5.32 Å². The number of hydrogen-bond donors (Lipinski definition) is 1. The summed E-state index contributed by atoms with van der Waals surface area (Å²) >= 11 is 0.668. The van der Waals surface area contributed by atoms with Crippen molar-refractivity contribution in [3.63, 3.8) is 0 Å². The van der Waals surface area contributed by atoms with E-state index in [1.807, 2.05) is 0 Å². The zero-order valence-corrected chi connectivity index (χ0v) is 10.9. The van der Waals surface area contributed by atoms with Crippen molar-refractivity contribution in [3.8, 4) is 0 Å². The van der Waals surface area contributed by atoms with Crippen LogP contribution in [0.4, 0.5) is 18.9 Å². The Balaban J connectivity index is 2.77. The van der Waals surface area contributed by atoms with E-state index in [1.165, 1.54) is 0 Å². The Bertz CT molecular complexity index is 418. The summed E-state index contributed by atoms with van der Waals surface area (Å²) in [5, 5.41) is 2.62. The second-order valence-corrected chi connectivity index (χ2v) is 5.06. The third-order valence-electron chi connectivity index (χ3n) is 2.06. The van der Waals surface area contributed by atoms with Crippen molar-refractivity contribution in [3.05, 3.63) is 24.3 Å². The Morgan fingerprint density at radius 1 is 1.33 bits per heavy atom. The number of anilines is 1. The second kappa shape index (κ2) is 6.13. The summed E-state index contributed by atoms with van der Waals surface area (Å²) in [5.41, 5.74) is 0.422. The SMILES string of the molecule is CC(C)C(=O)Nc1ccccc1SCC(F)(F)F. The monoisotopic (exact) mass is 277 g/mol. The fourth-order valence-electron chi connectivity index (χ4n) is 1.13. The van der Waals surface area contributed by atoms with E-state index in [2.05, 4.69) is 5.32 Å². The smallest absolute Gasteiger partial charge is 0.325 e. The van der Waals surface area contributed by atoms with E-state index in [0.717, 1.165) is 0 Å². The quantitative estimate of drug-likeness (QED) is 0.845. The van der Waals surface area contributed by atoms with E-state index in [0.29, 0.717) is 22.3 Å². The van der Waals surface area contributed by atoms with Gasteiger partial charge in [0, 0.05) is 10.8 Å². The summed E-state index contributed by atoms with van der Waals surface area (Å²) in [4.78, 5) is 11.9. The van der Waals surface area contributed by atoms with Crippen LogP contribution < -0.4 is 5.32 Å². The Hall–Kier alpha value is -1.17. The van der Waals surface area contributed by atoms with Gasteiger partial charge in [-0.15, -0.1) is 11.8 Å². The molecule has 6 heteroatoms. The van der Waals surface area contributed by atoms with Crippen molar-refractivity contribution in [2.75, 3.05) is 11.1 Å². The van der Waals surface area contributed by atoms with Gasteiger partial charge in [-0.3, -0.25) is 4.79 Å². The van der Waals surface area contributed by atoms with Gasteiger partial charge in [0.05, 0.1) is 11.4 Å². The highest BCUT2D eigenvalue weighted by Gasteiger charge is 2.27. The number of thioether (sulfide) groups is 1. The lowest BCUT2D eigenvalue weighted by Gasteiger charge is -2.13. The van der Waals surface area contributed by atoms with E-state index >= 15 is 0 Å². The lowest BCUT2D eigenvalue weighted by atomic mass is 10.2. The van der Waals surface area contributed by atoms with Gasteiger partial charge >= 0.3 is 6.18 Å². The number of benzene rings is 1. The molecule has 0 spiro atoms. The normalized spacial score (nSPS) is 11.7. The number of para-hydroxylation sites is 1. The molecule has 0 heterocycles. The predicted octanol–water partition coefficient (Wildman–Crippen LogP) is 3.94. The molecule has 18 heavy (non-hydrogen) atoms. The lowest BCUT2D eigenvalue weighted by Crippen LogP contribution is -2.18. The molecular formula is C12H14F3NOS. The number of rotatable bonds is 4. The minimum Gasteiger partial charge on any atom is -0.325 e. The van der Waals surface area contributed by atoms with Gasteiger partial charge in [-0.05, 0) is 12.1 Å². The molecule has 1 amide bonds. The summed E-state index contributed by atoms with van der Waals surface area (Å²) in [7, 11) is 0. The highest BCUT2D eigenvalue weighted by Crippen LogP contribution is 2.32. The molecule has 2 nitrogen and oxygen atoms in total. The molecule has 0 aliphatic carbocycles. The number of halogens is 3. The fraction of sp³-hybridized carbons (Fsp3) is 0.417. The van der Waals surface area contributed by atoms with E-state index in [-0.39, 0.29) is 11.8 Å². The van der Waals surface area contributed by atoms with Crippen LogP contribution in [0.2, 0.25) is 0 Å². The topological polar surface area (TPSA) is 29.1 Å². The third kappa shape index (κ3) is 5.00. The molecular weight excluding hydrogens is 263 g/mol. The average Bonchev–Trinajstić information content (AvgIpc) is 2.26. The maximum absolute atomic E-state index is 12.2. The second-order valence-electron chi connectivity index (χ2n) is 4.04. The molecule has 0 saturated heterocycles. The van der Waals surface area contributed by atoms with Crippen LogP contribution in [0.5, 0.6) is 0 Å². The first-order valence-electron chi connectivity index (χ1n) is 5.39. The summed E-state index contributed by atoms with van der Waals surface area (Å²) < 4.78 is 36.5. The van der Waals surface area contributed by atoms with Crippen molar-refractivity contribution >= 4 is 23.4 Å². The fourth-order valence-corrected chi connectivity index (χ4v) is 1.90. The van der Waals surface area contributed by atoms with Crippen molar-refractivity contribution in [1.82, 2.24) is 0 Å². The molecule has 0 aliphatic heterocycles. The Labute approximate surface area is 108 Å². The molecule has 0 radical (unpaired) electrons. The number of nitrogens with one attached hydrogen (secondary N) is 1. The zero-order valence-electron chi connectivity index (χ0n) is 10.0. The number of amides is 1. The van der Waals surface area contributed by atoms with Crippen molar-refractivity contribution < 1.29 is 18.0 Å². The molecule has 1 aromatic carbocycles. The van der Waals surface area contributed by atoms with Gasteiger partial charge in [0.2, 0.25) is 5.91 Å². The zero-order chi connectivity index (χ0) is 13.8. The maximum atomic E-state index is 12.2. The molecule has 0 aliphatic rings. The predicted molar refractivity (Wildman–Crippen MR) is 66.7 cm³/mol. The van der Waals surface area contributed by atoms with Crippen LogP contribution >= 0.6 is 11.8 Å². The van der Waals surface area contributed by atoms with Gasteiger partial charge in [-0.2, -0.15) is 13.2 Å². The molecule has 0 bridgehead atoms.